The molecule has 6 nitrogen and oxygen atoms in total. The molecule has 0 unspecified atom stereocenters. The van der Waals surface area contributed by atoms with E-state index in [1.165, 1.54) is 28.8 Å². The van der Waals surface area contributed by atoms with E-state index in [2.05, 4.69) is 0 Å². The van der Waals surface area contributed by atoms with Crippen molar-refractivity contribution in [1.82, 2.24) is 4.90 Å². The van der Waals surface area contributed by atoms with Crippen LogP contribution in [-0.4, -0.2) is 26.6 Å². The average Bonchev–Trinajstić information content (AvgIpc) is 3.13. The molecule has 3 rings (SSSR count). The van der Waals surface area contributed by atoms with E-state index in [1.807, 2.05) is 6.92 Å². The van der Waals surface area contributed by atoms with Crippen LogP contribution >= 0.6 is 24.0 Å². The van der Waals surface area contributed by atoms with Crippen molar-refractivity contribution in [3.8, 4) is 11.3 Å². The summed E-state index contributed by atoms with van der Waals surface area (Å²) in [5.41, 5.74) is 0.597. The number of hydrogen-bond donors (Lipinski definition) is 0. The van der Waals surface area contributed by atoms with E-state index in [0.717, 1.165) is 0 Å². The molecule has 24 heavy (non-hydrogen) atoms. The van der Waals surface area contributed by atoms with E-state index in [1.54, 1.807) is 30.3 Å². The van der Waals surface area contributed by atoms with E-state index < -0.39 is 4.92 Å². The average molecular weight is 360 g/mol. The molecule has 0 aliphatic carbocycles. The second kappa shape index (κ2) is 6.58. The number of hydrogen-bond acceptors (Lipinski definition) is 6. The maximum Gasteiger partial charge on any atom is 0.270 e. The molecule has 122 valence electrons. The van der Waals surface area contributed by atoms with E-state index in [9.17, 15) is 14.9 Å². The molecule has 0 atom stereocenters. The highest BCUT2D eigenvalue weighted by Gasteiger charge is 2.30. The molecule has 1 fully saturated rings. The van der Waals surface area contributed by atoms with E-state index in [4.69, 9.17) is 16.6 Å². The molecule has 0 saturated carbocycles. The zero-order valence-electron chi connectivity index (χ0n) is 12.6. The van der Waals surface area contributed by atoms with Crippen LogP contribution in [0.5, 0.6) is 0 Å². The summed E-state index contributed by atoms with van der Waals surface area (Å²) in [5, 5.41) is 10.9. The Morgan fingerprint density at radius 1 is 1.38 bits per heavy atom. The van der Waals surface area contributed by atoms with Gasteiger partial charge in [-0.2, -0.15) is 0 Å². The van der Waals surface area contributed by atoms with Crippen molar-refractivity contribution < 1.29 is 14.1 Å². The highest BCUT2D eigenvalue weighted by atomic mass is 32.2. The molecule has 1 saturated heterocycles. The van der Waals surface area contributed by atoms with Crippen LogP contribution in [0.4, 0.5) is 5.69 Å². The molecule has 1 aromatic heterocycles. The Labute approximate surface area is 147 Å². The third-order valence-electron chi connectivity index (χ3n) is 3.43. The molecule has 2 heterocycles. The highest BCUT2D eigenvalue weighted by Crippen LogP contribution is 2.33. The molecule has 2 aromatic rings. The molecular formula is C16H12N2O4S2. The van der Waals surface area contributed by atoms with Gasteiger partial charge in [0.05, 0.1) is 9.83 Å². The molecule has 0 bridgehead atoms. The van der Waals surface area contributed by atoms with Crippen molar-refractivity contribution >= 4 is 46.0 Å². The number of amides is 1. The fourth-order valence-electron chi connectivity index (χ4n) is 2.26. The van der Waals surface area contributed by atoms with Gasteiger partial charge in [0.2, 0.25) is 0 Å². The molecule has 0 radical (unpaired) electrons. The molecule has 0 spiro atoms. The first kappa shape index (κ1) is 16.4. The maximum atomic E-state index is 12.2. The standard InChI is InChI=1S/C16H12N2O4S2/c1-2-17-15(19)14(24-16(17)23)9-12-6-7-13(22-12)10-4-3-5-11(8-10)18(20)21/h3-9H,2H2,1H3/b14-9-. The number of non-ortho nitro benzene ring substituents is 1. The van der Waals surface area contributed by atoms with Crippen LogP contribution in [0.25, 0.3) is 17.4 Å². The van der Waals surface area contributed by atoms with E-state index in [-0.39, 0.29) is 11.6 Å². The fourth-order valence-corrected chi connectivity index (χ4v) is 3.62. The number of rotatable bonds is 4. The van der Waals surface area contributed by atoms with Crippen LogP contribution in [-0.2, 0) is 4.79 Å². The zero-order valence-corrected chi connectivity index (χ0v) is 14.2. The van der Waals surface area contributed by atoms with Crippen LogP contribution in [0.2, 0.25) is 0 Å². The summed E-state index contributed by atoms with van der Waals surface area (Å²) in [4.78, 5) is 24.6. The van der Waals surface area contributed by atoms with Crippen molar-refractivity contribution in [1.29, 1.82) is 0 Å². The highest BCUT2D eigenvalue weighted by molar-refractivity contribution is 8.26. The number of thioether (sulfide) groups is 1. The summed E-state index contributed by atoms with van der Waals surface area (Å²) >= 11 is 6.40. The minimum absolute atomic E-state index is 0.00531. The normalized spacial score (nSPS) is 16.2. The van der Waals surface area contributed by atoms with Gasteiger partial charge < -0.3 is 4.42 Å². The fraction of sp³-hybridized carbons (Fsp3) is 0.125. The van der Waals surface area contributed by atoms with Crippen LogP contribution < -0.4 is 0 Å². The Balaban J connectivity index is 1.88. The quantitative estimate of drug-likeness (QED) is 0.354. The lowest BCUT2D eigenvalue weighted by atomic mass is 10.1. The molecular weight excluding hydrogens is 348 g/mol. The summed E-state index contributed by atoms with van der Waals surface area (Å²) in [6.07, 6.45) is 1.63. The lowest BCUT2D eigenvalue weighted by Crippen LogP contribution is -2.27. The van der Waals surface area contributed by atoms with Crippen LogP contribution in [0.15, 0.2) is 45.7 Å². The second-order valence-corrected chi connectivity index (χ2v) is 6.61. The Hall–Kier alpha value is -2.45. The predicted octanol–water partition coefficient (Wildman–Crippen LogP) is 4.08. The Morgan fingerprint density at radius 2 is 2.17 bits per heavy atom. The Morgan fingerprint density at radius 3 is 2.83 bits per heavy atom. The van der Waals surface area contributed by atoms with Gasteiger partial charge in [0.25, 0.3) is 11.6 Å². The number of thiocarbonyl (C=S) groups is 1. The summed E-state index contributed by atoms with van der Waals surface area (Å²) in [6, 6.07) is 9.62. The van der Waals surface area contributed by atoms with Crippen LogP contribution in [0, 0.1) is 10.1 Å². The molecule has 1 amide bonds. The molecule has 0 N–H and O–H groups in total. The van der Waals surface area contributed by atoms with Crippen molar-refractivity contribution in [2.45, 2.75) is 6.92 Å². The summed E-state index contributed by atoms with van der Waals surface area (Å²) in [6.45, 7) is 2.39. The predicted molar refractivity (Wildman–Crippen MR) is 96.4 cm³/mol. The van der Waals surface area contributed by atoms with E-state index in [0.29, 0.717) is 32.9 Å². The second-order valence-electron chi connectivity index (χ2n) is 4.94. The SMILES string of the molecule is CCN1C(=O)/C(=C/c2ccc(-c3cccc([N+](=O)[O-])c3)o2)SC1=S. The van der Waals surface area contributed by atoms with Gasteiger partial charge in [-0.25, -0.2) is 0 Å². The van der Waals surface area contributed by atoms with Gasteiger partial charge in [-0.15, -0.1) is 0 Å². The van der Waals surface area contributed by atoms with Crippen LogP contribution in [0.1, 0.15) is 12.7 Å². The molecule has 8 heteroatoms. The topological polar surface area (TPSA) is 76.6 Å². The van der Waals surface area contributed by atoms with Gasteiger partial charge in [-0.3, -0.25) is 19.8 Å². The van der Waals surface area contributed by atoms with Gasteiger partial charge in [0.15, 0.2) is 0 Å². The third-order valence-corrected chi connectivity index (χ3v) is 4.81. The number of nitro benzene ring substituents is 1. The first-order valence-electron chi connectivity index (χ1n) is 7.09. The number of nitro groups is 1. The number of nitrogens with zero attached hydrogens (tertiary/aromatic N) is 2. The maximum absolute atomic E-state index is 12.2. The minimum Gasteiger partial charge on any atom is -0.457 e. The van der Waals surface area contributed by atoms with Gasteiger partial charge >= 0.3 is 0 Å². The lowest BCUT2D eigenvalue weighted by molar-refractivity contribution is -0.384. The number of benzene rings is 1. The monoisotopic (exact) mass is 360 g/mol. The first-order valence-corrected chi connectivity index (χ1v) is 8.32. The lowest BCUT2D eigenvalue weighted by Gasteiger charge is -2.09. The number of carbonyl (C=O) groups excluding carboxylic acids is 1. The smallest absolute Gasteiger partial charge is 0.270 e. The van der Waals surface area contributed by atoms with Gasteiger partial charge in [-0.05, 0) is 19.1 Å². The van der Waals surface area contributed by atoms with Crippen molar-refractivity contribution in [2.75, 3.05) is 6.54 Å². The number of carbonyl (C=O) groups is 1. The molecule has 1 aliphatic rings. The van der Waals surface area contributed by atoms with Crippen molar-refractivity contribution in [2.24, 2.45) is 0 Å². The van der Waals surface area contributed by atoms with Gasteiger partial charge in [0.1, 0.15) is 15.8 Å². The Bertz CT molecular complexity index is 872. The Kier molecular flexibility index (Phi) is 4.50. The largest absolute Gasteiger partial charge is 0.457 e. The summed E-state index contributed by atoms with van der Waals surface area (Å²) in [5.74, 6) is 0.852. The summed E-state index contributed by atoms with van der Waals surface area (Å²) < 4.78 is 6.22. The van der Waals surface area contributed by atoms with Crippen molar-refractivity contribution in [3.05, 3.63) is 57.2 Å². The molecule has 1 aromatic carbocycles. The zero-order chi connectivity index (χ0) is 17.3. The minimum atomic E-state index is -0.455. The number of furan rings is 1. The van der Waals surface area contributed by atoms with Gasteiger partial charge in [-0.1, -0.05) is 36.1 Å². The molecule has 1 aliphatic heterocycles. The van der Waals surface area contributed by atoms with Crippen LogP contribution in [0.3, 0.4) is 0 Å². The van der Waals surface area contributed by atoms with E-state index >= 15 is 0 Å². The van der Waals surface area contributed by atoms with Gasteiger partial charge in [0, 0.05) is 30.3 Å². The van der Waals surface area contributed by atoms with Crippen molar-refractivity contribution in [3.63, 3.8) is 0 Å². The summed E-state index contributed by atoms with van der Waals surface area (Å²) in [7, 11) is 0. The third kappa shape index (κ3) is 3.10. The number of likely N-dealkylation sites (N-methyl/N-ethyl adjacent to an activating group) is 1. The first-order chi connectivity index (χ1) is 11.5.